The van der Waals surface area contributed by atoms with E-state index in [1.165, 1.54) is 6.92 Å². The summed E-state index contributed by atoms with van der Waals surface area (Å²) >= 11 is 5.86. The quantitative estimate of drug-likeness (QED) is 0.838. The number of carbonyl (C=O) groups excluding carboxylic acids is 2. The zero-order valence-electron chi connectivity index (χ0n) is 13.1. The molecule has 1 atom stereocenters. The van der Waals surface area contributed by atoms with E-state index in [-0.39, 0.29) is 17.7 Å². The lowest BCUT2D eigenvalue weighted by Gasteiger charge is -2.14. The van der Waals surface area contributed by atoms with E-state index in [2.05, 4.69) is 10.3 Å². The minimum Gasteiger partial charge on any atom is -0.354 e. The van der Waals surface area contributed by atoms with Gasteiger partial charge in [-0.2, -0.15) is 0 Å². The molecule has 1 heterocycles. The summed E-state index contributed by atoms with van der Waals surface area (Å²) in [5.74, 6) is -0.272. The number of ketones is 1. The second-order valence-electron chi connectivity index (χ2n) is 5.43. The molecule has 0 unspecified atom stereocenters. The third-order valence-corrected chi connectivity index (χ3v) is 3.99. The molecule has 0 aliphatic heterocycles. The van der Waals surface area contributed by atoms with Crippen LogP contribution in [0.3, 0.4) is 0 Å². The second kappa shape index (κ2) is 6.36. The van der Waals surface area contributed by atoms with E-state index < -0.39 is 0 Å². The van der Waals surface area contributed by atoms with Gasteiger partial charge < -0.3 is 10.3 Å². The minimum atomic E-state index is -0.226. The maximum Gasteiger partial charge on any atom is 0.268 e. The molecule has 116 valence electrons. The Kier molecular flexibility index (Phi) is 4.71. The van der Waals surface area contributed by atoms with Crippen LogP contribution in [0.2, 0.25) is 5.02 Å². The molecule has 5 heteroatoms. The maximum atomic E-state index is 12.4. The smallest absolute Gasteiger partial charge is 0.268 e. The van der Waals surface area contributed by atoms with Crippen LogP contribution in [0.1, 0.15) is 57.6 Å². The number of halogens is 1. The van der Waals surface area contributed by atoms with Gasteiger partial charge in [0.25, 0.3) is 5.91 Å². The molecule has 2 aromatic rings. The summed E-state index contributed by atoms with van der Waals surface area (Å²) in [6.07, 6.45) is 0. The van der Waals surface area contributed by atoms with Crippen molar-refractivity contribution in [3.8, 4) is 0 Å². The van der Waals surface area contributed by atoms with Crippen LogP contribution in [0, 0.1) is 13.8 Å². The number of carbonyl (C=O) groups is 2. The fourth-order valence-electron chi connectivity index (χ4n) is 2.61. The number of amides is 1. The standard InChI is InChI=1S/C17H19ClN2O2/c1-9-15(12(4)21)11(3)19-16(9)17(22)20-10(2)13-5-7-14(18)8-6-13/h5-8,10,19H,1-4H3,(H,20,22)/t10-/m0/s1. The SMILES string of the molecule is CC(=O)c1c(C)[nH]c(C(=O)N[C@@H](C)c2ccc(Cl)cc2)c1C. The first-order valence-corrected chi connectivity index (χ1v) is 7.45. The highest BCUT2D eigenvalue weighted by molar-refractivity contribution is 6.30. The zero-order valence-corrected chi connectivity index (χ0v) is 13.8. The van der Waals surface area contributed by atoms with Crippen LogP contribution in [-0.4, -0.2) is 16.7 Å². The van der Waals surface area contributed by atoms with Crippen molar-refractivity contribution in [2.45, 2.75) is 33.7 Å². The first-order valence-electron chi connectivity index (χ1n) is 7.07. The van der Waals surface area contributed by atoms with E-state index in [0.29, 0.717) is 27.5 Å². The number of aromatic amines is 1. The van der Waals surface area contributed by atoms with Crippen LogP contribution in [0.5, 0.6) is 0 Å². The zero-order chi connectivity index (χ0) is 16.4. The maximum absolute atomic E-state index is 12.4. The lowest BCUT2D eigenvalue weighted by Crippen LogP contribution is -2.27. The summed E-state index contributed by atoms with van der Waals surface area (Å²) < 4.78 is 0. The fourth-order valence-corrected chi connectivity index (χ4v) is 2.73. The molecular weight excluding hydrogens is 300 g/mol. The molecule has 0 fully saturated rings. The Labute approximate surface area is 134 Å². The number of hydrogen-bond acceptors (Lipinski definition) is 2. The molecule has 0 spiro atoms. The second-order valence-corrected chi connectivity index (χ2v) is 5.86. The summed E-state index contributed by atoms with van der Waals surface area (Å²) in [5, 5.41) is 3.58. The van der Waals surface area contributed by atoms with Crippen LogP contribution >= 0.6 is 11.6 Å². The number of Topliss-reactive ketones (excluding diaryl/α,β-unsaturated/α-hetero) is 1. The summed E-state index contributed by atoms with van der Waals surface area (Å²) in [7, 11) is 0. The predicted octanol–water partition coefficient (Wildman–Crippen LogP) is 3.98. The molecule has 2 rings (SSSR count). The molecule has 0 aliphatic rings. The van der Waals surface area contributed by atoms with Gasteiger partial charge in [-0.05, 0) is 51.0 Å². The van der Waals surface area contributed by atoms with Gasteiger partial charge in [0.1, 0.15) is 5.69 Å². The Hall–Kier alpha value is -2.07. The van der Waals surface area contributed by atoms with Crippen molar-refractivity contribution in [3.05, 3.63) is 57.4 Å². The first-order chi connectivity index (χ1) is 10.3. The highest BCUT2D eigenvalue weighted by Gasteiger charge is 2.21. The highest BCUT2D eigenvalue weighted by Crippen LogP contribution is 2.20. The molecule has 1 aromatic carbocycles. The van der Waals surface area contributed by atoms with E-state index in [1.807, 2.05) is 19.1 Å². The molecule has 0 bridgehead atoms. The molecule has 0 saturated heterocycles. The number of hydrogen-bond donors (Lipinski definition) is 2. The topological polar surface area (TPSA) is 62.0 Å². The monoisotopic (exact) mass is 318 g/mol. The number of benzene rings is 1. The Morgan fingerprint density at radius 1 is 1.18 bits per heavy atom. The summed E-state index contributed by atoms with van der Waals surface area (Å²) in [5.41, 5.74) is 3.39. The van der Waals surface area contributed by atoms with Crippen molar-refractivity contribution in [2.75, 3.05) is 0 Å². The van der Waals surface area contributed by atoms with Crippen molar-refractivity contribution in [2.24, 2.45) is 0 Å². The van der Waals surface area contributed by atoms with Crippen LogP contribution in [0.4, 0.5) is 0 Å². The van der Waals surface area contributed by atoms with E-state index >= 15 is 0 Å². The summed E-state index contributed by atoms with van der Waals surface area (Å²) in [4.78, 5) is 27.1. The van der Waals surface area contributed by atoms with Crippen molar-refractivity contribution >= 4 is 23.3 Å². The summed E-state index contributed by atoms with van der Waals surface area (Å²) in [6, 6.07) is 7.17. The fraction of sp³-hybridized carbons (Fsp3) is 0.294. The third kappa shape index (κ3) is 3.22. The predicted molar refractivity (Wildman–Crippen MR) is 87.6 cm³/mol. The van der Waals surface area contributed by atoms with Crippen molar-refractivity contribution < 1.29 is 9.59 Å². The van der Waals surface area contributed by atoms with Gasteiger partial charge in [0.2, 0.25) is 0 Å². The van der Waals surface area contributed by atoms with Gasteiger partial charge in [-0.15, -0.1) is 0 Å². The van der Waals surface area contributed by atoms with Gasteiger partial charge in [-0.3, -0.25) is 9.59 Å². The highest BCUT2D eigenvalue weighted by atomic mass is 35.5. The molecule has 22 heavy (non-hydrogen) atoms. The molecule has 1 aromatic heterocycles. The normalized spacial score (nSPS) is 12.0. The molecule has 0 saturated carbocycles. The Balaban J connectivity index is 2.21. The van der Waals surface area contributed by atoms with Gasteiger partial charge in [0.15, 0.2) is 5.78 Å². The lowest BCUT2D eigenvalue weighted by atomic mass is 10.1. The summed E-state index contributed by atoms with van der Waals surface area (Å²) in [6.45, 7) is 6.98. The minimum absolute atomic E-state index is 0.0453. The first kappa shape index (κ1) is 16.3. The van der Waals surface area contributed by atoms with Gasteiger partial charge in [-0.1, -0.05) is 23.7 Å². The molecule has 4 nitrogen and oxygen atoms in total. The van der Waals surface area contributed by atoms with Gasteiger partial charge in [0, 0.05) is 16.3 Å². The molecule has 1 amide bonds. The number of aryl methyl sites for hydroxylation is 1. The van der Waals surface area contributed by atoms with Crippen LogP contribution in [-0.2, 0) is 0 Å². The van der Waals surface area contributed by atoms with Crippen molar-refractivity contribution in [3.63, 3.8) is 0 Å². The van der Waals surface area contributed by atoms with E-state index in [4.69, 9.17) is 11.6 Å². The molecular formula is C17H19ClN2O2. The van der Waals surface area contributed by atoms with E-state index in [0.717, 1.165) is 5.56 Å². The molecule has 0 aliphatic carbocycles. The van der Waals surface area contributed by atoms with Gasteiger partial charge in [-0.25, -0.2) is 0 Å². The van der Waals surface area contributed by atoms with E-state index in [9.17, 15) is 9.59 Å². The average Bonchev–Trinajstić information content (AvgIpc) is 2.74. The molecule has 0 radical (unpaired) electrons. The number of rotatable bonds is 4. The van der Waals surface area contributed by atoms with Crippen LogP contribution in [0.15, 0.2) is 24.3 Å². The Morgan fingerprint density at radius 3 is 2.27 bits per heavy atom. The largest absolute Gasteiger partial charge is 0.354 e. The lowest BCUT2D eigenvalue weighted by molar-refractivity contribution is 0.0934. The van der Waals surface area contributed by atoms with Crippen molar-refractivity contribution in [1.29, 1.82) is 0 Å². The molecule has 2 N–H and O–H groups in total. The van der Waals surface area contributed by atoms with Crippen molar-refractivity contribution in [1.82, 2.24) is 10.3 Å². The van der Waals surface area contributed by atoms with Crippen LogP contribution in [0.25, 0.3) is 0 Å². The number of nitrogens with one attached hydrogen (secondary N) is 2. The third-order valence-electron chi connectivity index (χ3n) is 3.73. The van der Waals surface area contributed by atoms with Gasteiger partial charge in [0.05, 0.1) is 6.04 Å². The van der Waals surface area contributed by atoms with E-state index in [1.54, 1.807) is 26.0 Å². The van der Waals surface area contributed by atoms with Crippen LogP contribution < -0.4 is 5.32 Å². The van der Waals surface area contributed by atoms with Gasteiger partial charge >= 0.3 is 0 Å². The average molecular weight is 319 g/mol. The Bertz CT molecular complexity index is 717. The number of H-pyrrole nitrogens is 1. The Morgan fingerprint density at radius 2 is 1.77 bits per heavy atom. The number of aromatic nitrogens is 1.